The summed E-state index contributed by atoms with van der Waals surface area (Å²) in [6.45, 7) is 2.01. The summed E-state index contributed by atoms with van der Waals surface area (Å²) in [5.74, 6) is 0.418. The van der Waals surface area contributed by atoms with Crippen molar-refractivity contribution in [1.82, 2.24) is 4.90 Å². The molecule has 140 valence electrons. The third kappa shape index (κ3) is 6.44. The van der Waals surface area contributed by atoms with Crippen LogP contribution in [-0.2, 0) is 11.3 Å². The molecule has 1 N–H and O–H groups in total. The van der Waals surface area contributed by atoms with Crippen molar-refractivity contribution >= 4 is 11.6 Å². The number of amides is 1. The maximum Gasteiger partial charge on any atom is 0.387 e. The quantitative estimate of drug-likeness (QED) is 0.753. The van der Waals surface area contributed by atoms with Crippen molar-refractivity contribution in [3.63, 3.8) is 0 Å². The minimum absolute atomic E-state index is 0.112. The van der Waals surface area contributed by atoms with Crippen LogP contribution < -0.4 is 10.1 Å². The largest absolute Gasteiger partial charge is 0.435 e. The lowest BCUT2D eigenvalue weighted by Crippen LogP contribution is -2.29. The summed E-state index contributed by atoms with van der Waals surface area (Å²) in [6.07, 6.45) is 0. The summed E-state index contributed by atoms with van der Waals surface area (Å²) in [5, 5.41) is 2.86. The molecule has 2 aromatic rings. The second-order valence-electron chi connectivity index (χ2n) is 6.52. The van der Waals surface area contributed by atoms with Gasteiger partial charge in [-0.05, 0) is 48.4 Å². The molecule has 0 radical (unpaired) electrons. The van der Waals surface area contributed by atoms with Gasteiger partial charge < -0.3 is 10.1 Å². The Bertz CT molecular complexity index is 718. The third-order valence-electron chi connectivity index (χ3n) is 3.85. The van der Waals surface area contributed by atoms with Gasteiger partial charge in [-0.25, -0.2) is 0 Å². The molecule has 2 rings (SSSR count). The molecule has 0 aliphatic rings. The van der Waals surface area contributed by atoms with Crippen LogP contribution in [0.25, 0.3) is 0 Å². The number of halogens is 2. The molecular formula is C20H24F2N2O2. The van der Waals surface area contributed by atoms with E-state index in [2.05, 4.69) is 23.9 Å². The Morgan fingerprint density at radius 1 is 1.15 bits per heavy atom. The Morgan fingerprint density at radius 3 is 2.46 bits per heavy atom. The molecule has 2 aromatic carbocycles. The maximum atomic E-state index is 12.3. The summed E-state index contributed by atoms with van der Waals surface area (Å²) in [4.78, 5) is 14.0. The number of carbonyl (C=O) groups excluding carboxylic acids is 1. The van der Waals surface area contributed by atoms with E-state index in [0.717, 1.165) is 11.3 Å². The first kappa shape index (κ1) is 19.8. The topological polar surface area (TPSA) is 41.6 Å². The first-order chi connectivity index (χ1) is 12.3. The molecular weight excluding hydrogens is 338 g/mol. The zero-order valence-electron chi connectivity index (χ0n) is 15.2. The number of hydrogen-bond donors (Lipinski definition) is 1. The van der Waals surface area contributed by atoms with E-state index in [1.807, 2.05) is 24.3 Å². The van der Waals surface area contributed by atoms with Crippen LogP contribution in [0.15, 0.2) is 48.5 Å². The van der Waals surface area contributed by atoms with Crippen molar-refractivity contribution in [2.75, 3.05) is 18.9 Å². The molecule has 0 heterocycles. The van der Waals surface area contributed by atoms with E-state index in [1.54, 1.807) is 30.1 Å². The van der Waals surface area contributed by atoms with Gasteiger partial charge in [0.05, 0.1) is 6.54 Å². The second-order valence-corrected chi connectivity index (χ2v) is 6.52. The van der Waals surface area contributed by atoms with Gasteiger partial charge in [-0.2, -0.15) is 8.78 Å². The fourth-order valence-corrected chi connectivity index (χ4v) is 2.58. The molecule has 26 heavy (non-hydrogen) atoms. The zero-order valence-corrected chi connectivity index (χ0v) is 15.2. The normalized spacial score (nSPS) is 11.2. The highest BCUT2D eigenvalue weighted by Crippen LogP contribution is 2.18. The molecule has 1 amide bonds. The summed E-state index contributed by atoms with van der Waals surface area (Å²) < 4.78 is 28.9. The van der Waals surface area contributed by atoms with E-state index in [0.29, 0.717) is 12.5 Å². The molecule has 0 atom stereocenters. The van der Waals surface area contributed by atoms with Gasteiger partial charge in [0.15, 0.2) is 0 Å². The standard InChI is InChI=1S/C20H24F2N2O2/c1-14(2)16-7-9-17(10-8-16)23-19(25)13-24(3)12-15-5-4-6-18(11-15)26-20(21)22/h4-11,14,20H,12-13H2,1-3H3,(H,23,25). The fraction of sp³-hybridized carbons (Fsp3) is 0.350. The molecule has 0 fully saturated rings. The van der Waals surface area contributed by atoms with Gasteiger partial charge in [0.25, 0.3) is 0 Å². The predicted molar refractivity (Wildman–Crippen MR) is 98.6 cm³/mol. The van der Waals surface area contributed by atoms with Crippen LogP contribution in [0.5, 0.6) is 5.75 Å². The van der Waals surface area contributed by atoms with Gasteiger partial charge in [-0.1, -0.05) is 38.1 Å². The average molecular weight is 362 g/mol. The van der Waals surface area contributed by atoms with E-state index in [4.69, 9.17) is 0 Å². The number of anilines is 1. The first-order valence-electron chi connectivity index (χ1n) is 8.45. The van der Waals surface area contributed by atoms with Gasteiger partial charge in [-0.15, -0.1) is 0 Å². The molecule has 0 aromatic heterocycles. The minimum Gasteiger partial charge on any atom is -0.435 e. The summed E-state index contributed by atoms with van der Waals surface area (Å²) >= 11 is 0. The van der Waals surface area contributed by atoms with Crippen molar-refractivity contribution in [1.29, 1.82) is 0 Å². The van der Waals surface area contributed by atoms with Gasteiger partial charge in [0.1, 0.15) is 5.75 Å². The molecule has 0 aliphatic heterocycles. The number of benzene rings is 2. The fourth-order valence-electron chi connectivity index (χ4n) is 2.58. The highest BCUT2D eigenvalue weighted by atomic mass is 19.3. The molecule has 0 spiro atoms. The lowest BCUT2D eigenvalue weighted by Gasteiger charge is -2.17. The summed E-state index contributed by atoms with van der Waals surface area (Å²) in [7, 11) is 1.79. The predicted octanol–water partition coefficient (Wildman–Crippen LogP) is 4.48. The van der Waals surface area contributed by atoms with Crippen LogP contribution >= 0.6 is 0 Å². The Morgan fingerprint density at radius 2 is 1.85 bits per heavy atom. The molecule has 4 nitrogen and oxygen atoms in total. The van der Waals surface area contributed by atoms with Crippen LogP contribution in [0, 0.1) is 0 Å². The Kier molecular flexibility index (Phi) is 7.09. The number of hydrogen-bond acceptors (Lipinski definition) is 3. The molecule has 0 bridgehead atoms. The summed E-state index contributed by atoms with van der Waals surface area (Å²) in [6, 6.07) is 14.2. The molecule has 0 saturated heterocycles. The second kappa shape index (κ2) is 9.29. The van der Waals surface area contributed by atoms with E-state index >= 15 is 0 Å². The molecule has 0 aliphatic carbocycles. The van der Waals surface area contributed by atoms with Crippen molar-refractivity contribution in [3.05, 3.63) is 59.7 Å². The van der Waals surface area contributed by atoms with Gasteiger partial charge in [0.2, 0.25) is 5.91 Å². The Hall–Kier alpha value is -2.47. The van der Waals surface area contributed by atoms with E-state index in [9.17, 15) is 13.6 Å². The van der Waals surface area contributed by atoms with E-state index in [-0.39, 0.29) is 18.2 Å². The number of alkyl halides is 2. The lowest BCUT2D eigenvalue weighted by atomic mass is 10.0. The number of nitrogens with one attached hydrogen (secondary N) is 1. The maximum absolute atomic E-state index is 12.3. The number of ether oxygens (including phenoxy) is 1. The van der Waals surface area contributed by atoms with Crippen LogP contribution in [0.3, 0.4) is 0 Å². The van der Waals surface area contributed by atoms with Gasteiger partial charge in [-0.3, -0.25) is 9.69 Å². The minimum atomic E-state index is -2.85. The highest BCUT2D eigenvalue weighted by molar-refractivity contribution is 5.92. The number of carbonyl (C=O) groups is 1. The average Bonchev–Trinajstić information content (AvgIpc) is 2.54. The summed E-state index contributed by atoms with van der Waals surface area (Å²) in [5.41, 5.74) is 2.76. The third-order valence-corrected chi connectivity index (χ3v) is 3.85. The number of nitrogens with zero attached hydrogens (tertiary/aromatic N) is 1. The van der Waals surface area contributed by atoms with Crippen molar-refractivity contribution in [2.24, 2.45) is 0 Å². The van der Waals surface area contributed by atoms with Crippen LogP contribution in [-0.4, -0.2) is 31.0 Å². The molecule has 0 saturated carbocycles. The van der Waals surface area contributed by atoms with E-state index < -0.39 is 6.61 Å². The first-order valence-corrected chi connectivity index (χ1v) is 8.45. The van der Waals surface area contributed by atoms with Crippen molar-refractivity contribution < 1.29 is 18.3 Å². The number of rotatable bonds is 8. The van der Waals surface area contributed by atoms with Crippen LogP contribution in [0.1, 0.15) is 30.9 Å². The van der Waals surface area contributed by atoms with Crippen molar-refractivity contribution in [2.45, 2.75) is 32.9 Å². The van der Waals surface area contributed by atoms with Crippen LogP contribution in [0.2, 0.25) is 0 Å². The Balaban J connectivity index is 1.87. The molecule has 6 heteroatoms. The van der Waals surface area contributed by atoms with Crippen LogP contribution in [0.4, 0.5) is 14.5 Å². The van der Waals surface area contributed by atoms with Gasteiger partial charge >= 0.3 is 6.61 Å². The number of likely N-dealkylation sites (N-methyl/N-ethyl adjacent to an activating group) is 1. The smallest absolute Gasteiger partial charge is 0.387 e. The van der Waals surface area contributed by atoms with E-state index in [1.165, 1.54) is 11.6 Å². The molecule has 0 unspecified atom stereocenters. The lowest BCUT2D eigenvalue weighted by molar-refractivity contribution is -0.117. The van der Waals surface area contributed by atoms with Crippen molar-refractivity contribution in [3.8, 4) is 5.75 Å². The SMILES string of the molecule is CC(C)c1ccc(NC(=O)CN(C)Cc2cccc(OC(F)F)c2)cc1. The highest BCUT2D eigenvalue weighted by Gasteiger charge is 2.10. The zero-order chi connectivity index (χ0) is 19.1. The van der Waals surface area contributed by atoms with Gasteiger partial charge in [0, 0.05) is 12.2 Å². The Labute approximate surface area is 152 Å². The monoisotopic (exact) mass is 362 g/mol.